The number of carbonyl (C=O) groups excluding carboxylic acids is 1. The van der Waals surface area contributed by atoms with Gasteiger partial charge < -0.3 is 15.4 Å². The highest BCUT2D eigenvalue weighted by molar-refractivity contribution is 5.92. The fourth-order valence-corrected chi connectivity index (χ4v) is 1.41. The summed E-state index contributed by atoms with van der Waals surface area (Å²) in [6.07, 6.45) is 2.69. The number of rotatable bonds is 8. The van der Waals surface area contributed by atoms with Crippen LogP contribution < -0.4 is 15.4 Å². The van der Waals surface area contributed by atoms with E-state index >= 15 is 0 Å². The Balaban J connectivity index is 2.39. The normalized spacial score (nSPS) is 11.7. The summed E-state index contributed by atoms with van der Waals surface area (Å²) >= 11 is 0. The molecule has 0 aliphatic carbocycles. The number of nitrogens with one attached hydrogen (secondary N) is 2. The summed E-state index contributed by atoms with van der Waals surface area (Å²) in [6, 6.07) is 7.63. The molecule has 0 aromatic heterocycles. The molecule has 0 saturated carbocycles. The fourth-order valence-electron chi connectivity index (χ4n) is 1.41. The standard InChI is InChI=1S/C15H22N2O2/c1-4-10-19-14-8-6-13(7-9-14)17-15(18)11-16-12(3)5-2/h4,6-9,12,16H,1,5,10-11H2,2-3H3,(H,17,18). The molecule has 1 amide bonds. The molecule has 0 saturated heterocycles. The van der Waals surface area contributed by atoms with Crippen molar-refractivity contribution >= 4 is 11.6 Å². The zero-order valence-electron chi connectivity index (χ0n) is 11.6. The maximum absolute atomic E-state index is 11.7. The number of ether oxygens (including phenoxy) is 1. The van der Waals surface area contributed by atoms with Gasteiger partial charge in [0.1, 0.15) is 12.4 Å². The fraction of sp³-hybridized carbons (Fsp3) is 0.400. The molecule has 0 radical (unpaired) electrons. The topological polar surface area (TPSA) is 50.4 Å². The van der Waals surface area contributed by atoms with Crippen molar-refractivity contribution in [1.29, 1.82) is 0 Å². The quantitative estimate of drug-likeness (QED) is 0.708. The molecule has 0 spiro atoms. The number of carbonyl (C=O) groups is 1. The maximum atomic E-state index is 11.7. The van der Waals surface area contributed by atoms with Crippen molar-refractivity contribution in [3.05, 3.63) is 36.9 Å². The van der Waals surface area contributed by atoms with Crippen molar-refractivity contribution in [2.75, 3.05) is 18.5 Å². The number of amides is 1. The van der Waals surface area contributed by atoms with Gasteiger partial charge >= 0.3 is 0 Å². The number of hydrogen-bond acceptors (Lipinski definition) is 3. The third kappa shape index (κ3) is 6.06. The SMILES string of the molecule is C=CCOc1ccc(NC(=O)CNC(C)CC)cc1. The van der Waals surface area contributed by atoms with Gasteiger partial charge in [0.15, 0.2) is 0 Å². The molecule has 0 aliphatic rings. The first-order chi connectivity index (χ1) is 9.15. The van der Waals surface area contributed by atoms with Crippen LogP contribution in [0.2, 0.25) is 0 Å². The second-order valence-electron chi connectivity index (χ2n) is 4.36. The minimum Gasteiger partial charge on any atom is -0.490 e. The van der Waals surface area contributed by atoms with Gasteiger partial charge in [-0.05, 0) is 37.6 Å². The van der Waals surface area contributed by atoms with Gasteiger partial charge in [0.2, 0.25) is 5.91 Å². The largest absolute Gasteiger partial charge is 0.490 e. The molecule has 1 unspecified atom stereocenters. The first-order valence-electron chi connectivity index (χ1n) is 6.52. The van der Waals surface area contributed by atoms with Gasteiger partial charge in [-0.2, -0.15) is 0 Å². The minimum absolute atomic E-state index is 0.0416. The molecule has 0 heterocycles. The average molecular weight is 262 g/mol. The van der Waals surface area contributed by atoms with Gasteiger partial charge in [-0.25, -0.2) is 0 Å². The Labute approximate surface area is 114 Å². The first kappa shape index (κ1) is 15.2. The van der Waals surface area contributed by atoms with Gasteiger partial charge in [-0.1, -0.05) is 19.6 Å². The number of anilines is 1. The van der Waals surface area contributed by atoms with Crippen LogP contribution in [-0.2, 0) is 4.79 Å². The number of benzene rings is 1. The van der Waals surface area contributed by atoms with Crippen molar-refractivity contribution in [3.8, 4) is 5.75 Å². The van der Waals surface area contributed by atoms with Crippen LogP contribution in [0.15, 0.2) is 36.9 Å². The molecule has 19 heavy (non-hydrogen) atoms. The van der Waals surface area contributed by atoms with Crippen molar-refractivity contribution in [1.82, 2.24) is 5.32 Å². The summed E-state index contributed by atoms with van der Waals surface area (Å²) in [6.45, 7) is 8.52. The minimum atomic E-state index is -0.0416. The highest BCUT2D eigenvalue weighted by Crippen LogP contribution is 2.15. The molecule has 4 nitrogen and oxygen atoms in total. The van der Waals surface area contributed by atoms with Crippen LogP contribution in [-0.4, -0.2) is 25.1 Å². The molecule has 1 aromatic carbocycles. The highest BCUT2D eigenvalue weighted by Gasteiger charge is 2.04. The predicted octanol–water partition coefficient (Wildman–Crippen LogP) is 2.58. The van der Waals surface area contributed by atoms with Crippen molar-refractivity contribution in [3.63, 3.8) is 0 Å². The van der Waals surface area contributed by atoms with E-state index in [1.807, 2.05) is 24.3 Å². The lowest BCUT2D eigenvalue weighted by atomic mass is 10.2. The van der Waals surface area contributed by atoms with Crippen molar-refractivity contribution in [2.45, 2.75) is 26.3 Å². The van der Waals surface area contributed by atoms with E-state index in [1.165, 1.54) is 0 Å². The lowest BCUT2D eigenvalue weighted by Gasteiger charge is -2.11. The number of hydrogen-bond donors (Lipinski definition) is 2. The highest BCUT2D eigenvalue weighted by atomic mass is 16.5. The van der Waals surface area contributed by atoms with Crippen molar-refractivity contribution in [2.24, 2.45) is 0 Å². The zero-order chi connectivity index (χ0) is 14.1. The Bertz CT molecular complexity index is 401. The molecular weight excluding hydrogens is 240 g/mol. The smallest absolute Gasteiger partial charge is 0.238 e. The van der Waals surface area contributed by atoms with E-state index in [4.69, 9.17) is 4.74 Å². The molecule has 1 atom stereocenters. The summed E-state index contributed by atoms with van der Waals surface area (Å²) in [5, 5.41) is 5.97. The van der Waals surface area contributed by atoms with E-state index in [0.717, 1.165) is 17.9 Å². The van der Waals surface area contributed by atoms with Gasteiger partial charge in [0.05, 0.1) is 6.54 Å². The molecule has 0 fully saturated rings. The summed E-state index contributed by atoms with van der Waals surface area (Å²) in [5.74, 6) is 0.718. The summed E-state index contributed by atoms with van der Waals surface area (Å²) in [4.78, 5) is 11.7. The van der Waals surface area contributed by atoms with Crippen LogP contribution in [0.5, 0.6) is 5.75 Å². The Morgan fingerprint density at radius 2 is 2.11 bits per heavy atom. The second-order valence-corrected chi connectivity index (χ2v) is 4.36. The van der Waals surface area contributed by atoms with Gasteiger partial charge in [-0.15, -0.1) is 0 Å². The van der Waals surface area contributed by atoms with E-state index in [1.54, 1.807) is 6.08 Å². The molecule has 4 heteroatoms. The van der Waals surface area contributed by atoms with Gasteiger partial charge in [-0.3, -0.25) is 4.79 Å². The van der Waals surface area contributed by atoms with Crippen LogP contribution in [0, 0.1) is 0 Å². The van der Waals surface area contributed by atoms with E-state index in [0.29, 0.717) is 19.2 Å². The first-order valence-corrected chi connectivity index (χ1v) is 6.52. The van der Waals surface area contributed by atoms with E-state index < -0.39 is 0 Å². The Morgan fingerprint density at radius 3 is 2.68 bits per heavy atom. The van der Waals surface area contributed by atoms with Crippen LogP contribution >= 0.6 is 0 Å². The summed E-state index contributed by atoms with van der Waals surface area (Å²) in [5.41, 5.74) is 0.766. The molecule has 104 valence electrons. The Hall–Kier alpha value is -1.81. The maximum Gasteiger partial charge on any atom is 0.238 e. The van der Waals surface area contributed by atoms with Crippen LogP contribution in [0.3, 0.4) is 0 Å². The van der Waals surface area contributed by atoms with E-state index in [-0.39, 0.29) is 5.91 Å². The zero-order valence-corrected chi connectivity index (χ0v) is 11.6. The third-order valence-electron chi connectivity index (χ3n) is 2.73. The van der Waals surface area contributed by atoms with Crippen molar-refractivity contribution < 1.29 is 9.53 Å². The molecule has 1 rings (SSSR count). The molecule has 0 bridgehead atoms. The van der Waals surface area contributed by atoms with Gasteiger partial charge in [0.25, 0.3) is 0 Å². The van der Waals surface area contributed by atoms with E-state index in [9.17, 15) is 4.79 Å². The molecular formula is C15H22N2O2. The van der Waals surface area contributed by atoms with Crippen LogP contribution in [0.4, 0.5) is 5.69 Å². The summed E-state index contributed by atoms with van der Waals surface area (Å²) in [7, 11) is 0. The third-order valence-corrected chi connectivity index (χ3v) is 2.73. The lowest BCUT2D eigenvalue weighted by Crippen LogP contribution is -2.33. The molecule has 1 aromatic rings. The Kier molecular flexibility index (Phi) is 6.68. The van der Waals surface area contributed by atoms with Crippen LogP contribution in [0.25, 0.3) is 0 Å². The monoisotopic (exact) mass is 262 g/mol. The molecule has 2 N–H and O–H groups in total. The Morgan fingerprint density at radius 1 is 1.42 bits per heavy atom. The summed E-state index contributed by atoms with van der Waals surface area (Å²) < 4.78 is 5.37. The average Bonchev–Trinajstić information content (AvgIpc) is 2.44. The van der Waals surface area contributed by atoms with Crippen LogP contribution in [0.1, 0.15) is 20.3 Å². The molecule has 0 aliphatic heterocycles. The van der Waals surface area contributed by atoms with Gasteiger partial charge in [0, 0.05) is 11.7 Å². The van der Waals surface area contributed by atoms with E-state index in [2.05, 4.69) is 31.1 Å². The lowest BCUT2D eigenvalue weighted by molar-refractivity contribution is -0.115. The second kappa shape index (κ2) is 8.32. The predicted molar refractivity (Wildman–Crippen MR) is 78.5 cm³/mol.